The highest BCUT2D eigenvalue weighted by atomic mass is 32.2. The Hall–Kier alpha value is -1.59. The molecule has 0 radical (unpaired) electrons. The zero-order valence-corrected chi connectivity index (χ0v) is 12.6. The van der Waals surface area contributed by atoms with Crippen LogP contribution in [-0.4, -0.2) is 26.7 Å². The van der Waals surface area contributed by atoms with Crippen LogP contribution in [0.3, 0.4) is 0 Å². The Balaban J connectivity index is 2.21. The molecular weight excluding hydrogens is 292 g/mol. The third kappa shape index (κ3) is 1.98. The second kappa shape index (κ2) is 4.75. The summed E-state index contributed by atoms with van der Waals surface area (Å²) in [6.07, 6.45) is 3.18. The maximum atomic E-state index is 12.4. The van der Waals surface area contributed by atoms with Gasteiger partial charge in [0.1, 0.15) is 0 Å². The summed E-state index contributed by atoms with van der Waals surface area (Å²) in [5.41, 5.74) is 2.86. The normalized spacial score (nSPS) is 15.6. The van der Waals surface area contributed by atoms with Crippen molar-refractivity contribution in [2.24, 2.45) is 0 Å². The van der Waals surface area contributed by atoms with E-state index in [1.807, 2.05) is 12.1 Å². The van der Waals surface area contributed by atoms with Gasteiger partial charge < -0.3 is 0 Å². The maximum absolute atomic E-state index is 12.4. The summed E-state index contributed by atoms with van der Waals surface area (Å²) < 4.78 is 23.1. The highest BCUT2D eigenvalue weighted by Crippen LogP contribution is 2.38. The van der Waals surface area contributed by atoms with Crippen molar-refractivity contribution in [3.05, 3.63) is 47.5 Å². The van der Waals surface area contributed by atoms with Gasteiger partial charge in [-0.2, -0.15) is 0 Å². The standard InChI is InChI=1S/C15H12O3S2/c1-19(17)9-3-5-11-12-6-4-10(20(2)18)8-14(12)15(16)13(11)7-9/h3-8H,1-2H3. The van der Waals surface area contributed by atoms with Gasteiger partial charge in [0.05, 0.1) is 0 Å². The van der Waals surface area contributed by atoms with Crippen LogP contribution in [0.1, 0.15) is 15.9 Å². The Kier molecular flexibility index (Phi) is 3.18. The molecule has 102 valence electrons. The predicted octanol–water partition coefficient (Wildman–Crippen LogP) is 2.37. The molecule has 5 heteroatoms. The van der Waals surface area contributed by atoms with Gasteiger partial charge in [0, 0.05) is 55.0 Å². The van der Waals surface area contributed by atoms with Crippen molar-refractivity contribution < 1.29 is 13.2 Å². The number of ketones is 1. The van der Waals surface area contributed by atoms with Crippen LogP contribution in [-0.2, 0) is 21.6 Å². The molecule has 2 aromatic carbocycles. The molecule has 0 saturated heterocycles. The minimum absolute atomic E-state index is 0.0883. The molecule has 3 nitrogen and oxygen atoms in total. The number of carbonyl (C=O) groups is 1. The van der Waals surface area contributed by atoms with E-state index < -0.39 is 21.6 Å². The van der Waals surface area contributed by atoms with Gasteiger partial charge in [-0.1, -0.05) is 12.1 Å². The van der Waals surface area contributed by atoms with Gasteiger partial charge in [-0.05, 0) is 35.4 Å². The molecule has 3 rings (SSSR count). The van der Waals surface area contributed by atoms with Crippen LogP contribution in [0.4, 0.5) is 0 Å². The van der Waals surface area contributed by atoms with Crippen LogP contribution < -0.4 is 0 Å². The third-order valence-electron chi connectivity index (χ3n) is 3.43. The van der Waals surface area contributed by atoms with Crippen LogP contribution in [0.15, 0.2) is 46.2 Å². The van der Waals surface area contributed by atoms with E-state index in [1.165, 1.54) is 0 Å². The topological polar surface area (TPSA) is 51.2 Å². The Morgan fingerprint density at radius 3 is 1.45 bits per heavy atom. The largest absolute Gasteiger partial charge is 0.289 e. The quantitative estimate of drug-likeness (QED) is 0.730. The molecule has 0 saturated carbocycles. The van der Waals surface area contributed by atoms with Gasteiger partial charge in [0.15, 0.2) is 5.78 Å². The van der Waals surface area contributed by atoms with Gasteiger partial charge in [-0.3, -0.25) is 13.2 Å². The van der Waals surface area contributed by atoms with E-state index in [1.54, 1.807) is 36.8 Å². The molecule has 2 atom stereocenters. The lowest BCUT2D eigenvalue weighted by molar-refractivity contribution is 0.104. The molecule has 2 aromatic rings. The lowest BCUT2D eigenvalue weighted by atomic mass is 10.1. The molecule has 20 heavy (non-hydrogen) atoms. The number of rotatable bonds is 2. The van der Waals surface area contributed by atoms with Crippen LogP contribution in [0, 0.1) is 0 Å². The zero-order chi connectivity index (χ0) is 14.4. The second-order valence-corrected chi connectivity index (χ2v) is 7.41. The molecule has 0 bridgehead atoms. The average Bonchev–Trinajstić information content (AvgIpc) is 2.71. The number of carbonyl (C=O) groups excluding carboxylic acids is 1. The lowest BCUT2D eigenvalue weighted by Crippen LogP contribution is -1.98. The summed E-state index contributed by atoms with van der Waals surface area (Å²) in [5.74, 6) is -0.0883. The number of hydrogen-bond donors (Lipinski definition) is 0. The molecule has 0 N–H and O–H groups in total. The zero-order valence-electron chi connectivity index (χ0n) is 11.0. The first-order chi connectivity index (χ1) is 9.49. The summed E-state index contributed by atoms with van der Waals surface area (Å²) in [4.78, 5) is 13.7. The SMILES string of the molecule is CS(=O)c1ccc2c(c1)C(=O)c1cc(S(C)=O)ccc1-2. The first-order valence-corrected chi connectivity index (χ1v) is 9.10. The fraction of sp³-hybridized carbons (Fsp3) is 0.133. The maximum Gasteiger partial charge on any atom is 0.194 e. The van der Waals surface area contributed by atoms with Gasteiger partial charge in [0.2, 0.25) is 0 Å². The Morgan fingerprint density at radius 2 is 1.10 bits per heavy atom. The minimum atomic E-state index is -1.11. The van der Waals surface area contributed by atoms with E-state index in [2.05, 4.69) is 0 Å². The minimum Gasteiger partial charge on any atom is -0.289 e. The van der Waals surface area contributed by atoms with Crippen LogP contribution in [0.25, 0.3) is 11.1 Å². The molecule has 0 aliphatic heterocycles. The molecule has 1 aliphatic rings. The summed E-state index contributed by atoms with van der Waals surface area (Å²) in [6, 6.07) is 10.6. The van der Waals surface area contributed by atoms with E-state index in [9.17, 15) is 13.2 Å². The van der Waals surface area contributed by atoms with E-state index in [4.69, 9.17) is 0 Å². The molecule has 0 fully saturated rings. The van der Waals surface area contributed by atoms with Crippen LogP contribution in [0.2, 0.25) is 0 Å². The van der Waals surface area contributed by atoms with Crippen molar-refractivity contribution in [3.8, 4) is 11.1 Å². The Labute approximate surface area is 121 Å². The second-order valence-electron chi connectivity index (χ2n) is 4.65. The Bertz CT molecular complexity index is 728. The monoisotopic (exact) mass is 304 g/mol. The van der Waals surface area contributed by atoms with Crippen molar-refractivity contribution in [3.63, 3.8) is 0 Å². The van der Waals surface area contributed by atoms with E-state index >= 15 is 0 Å². The highest BCUT2D eigenvalue weighted by molar-refractivity contribution is 7.84. The van der Waals surface area contributed by atoms with Crippen molar-refractivity contribution in [2.45, 2.75) is 9.79 Å². The van der Waals surface area contributed by atoms with E-state index in [-0.39, 0.29) is 5.78 Å². The van der Waals surface area contributed by atoms with Gasteiger partial charge in [0.25, 0.3) is 0 Å². The fourth-order valence-corrected chi connectivity index (χ4v) is 3.48. The summed E-state index contributed by atoms with van der Waals surface area (Å²) in [7, 11) is -2.23. The molecule has 0 amide bonds. The molecule has 1 aliphatic carbocycles. The molecule has 2 unspecified atom stereocenters. The summed E-state index contributed by atoms with van der Waals surface area (Å²) >= 11 is 0. The first kappa shape index (κ1) is 13.4. The van der Waals surface area contributed by atoms with Gasteiger partial charge in [-0.25, -0.2) is 0 Å². The van der Waals surface area contributed by atoms with Crippen LogP contribution in [0.5, 0.6) is 0 Å². The first-order valence-electron chi connectivity index (χ1n) is 5.99. The van der Waals surface area contributed by atoms with E-state index in [0.717, 1.165) is 11.1 Å². The molecule has 0 aromatic heterocycles. The van der Waals surface area contributed by atoms with Crippen molar-refractivity contribution in [2.75, 3.05) is 12.5 Å². The Morgan fingerprint density at radius 1 is 0.700 bits per heavy atom. The summed E-state index contributed by atoms with van der Waals surface area (Å²) in [6.45, 7) is 0. The number of hydrogen-bond acceptors (Lipinski definition) is 3. The predicted molar refractivity (Wildman–Crippen MR) is 80.0 cm³/mol. The fourth-order valence-electron chi connectivity index (χ4n) is 2.39. The van der Waals surface area contributed by atoms with E-state index in [0.29, 0.717) is 20.9 Å². The van der Waals surface area contributed by atoms with Crippen molar-refractivity contribution in [1.82, 2.24) is 0 Å². The van der Waals surface area contributed by atoms with Crippen molar-refractivity contribution >= 4 is 27.4 Å². The smallest absolute Gasteiger partial charge is 0.194 e. The molecule has 0 spiro atoms. The average molecular weight is 304 g/mol. The summed E-state index contributed by atoms with van der Waals surface area (Å²) in [5, 5.41) is 0. The van der Waals surface area contributed by atoms with Crippen molar-refractivity contribution in [1.29, 1.82) is 0 Å². The molecule has 0 heterocycles. The highest BCUT2D eigenvalue weighted by Gasteiger charge is 2.27. The van der Waals surface area contributed by atoms with Crippen LogP contribution >= 0.6 is 0 Å². The third-order valence-corrected chi connectivity index (χ3v) is 5.26. The number of benzene rings is 2. The lowest BCUT2D eigenvalue weighted by Gasteiger charge is -2.02. The van der Waals surface area contributed by atoms with Gasteiger partial charge >= 0.3 is 0 Å². The molecular formula is C15H12O3S2. The van der Waals surface area contributed by atoms with Gasteiger partial charge in [-0.15, -0.1) is 0 Å². The number of fused-ring (bicyclic) bond motifs is 3.